The first-order valence-corrected chi connectivity index (χ1v) is 8.42. The molecule has 2 aromatic heterocycles. The smallest absolute Gasteiger partial charge is 0.246 e. The molecule has 21 heavy (non-hydrogen) atoms. The Labute approximate surface area is 125 Å². The van der Waals surface area contributed by atoms with E-state index in [0.29, 0.717) is 6.54 Å². The Bertz CT molecular complexity index is 689. The highest BCUT2D eigenvalue weighted by atomic mass is 32.2. The highest BCUT2D eigenvalue weighted by Gasteiger charge is 2.23. The zero-order valence-corrected chi connectivity index (χ0v) is 13.4. The van der Waals surface area contributed by atoms with E-state index < -0.39 is 10.0 Å². The standard InChI is InChI=1S/C13H21N5O2S/c1-4-7-18-11-13(9-14-18)21(19,20)16(3)10-12-6-8-17(5-2)15-12/h6,8-9,11H,4-5,7,10H2,1-3H3. The van der Waals surface area contributed by atoms with Crippen molar-refractivity contribution in [1.82, 2.24) is 23.9 Å². The summed E-state index contributed by atoms with van der Waals surface area (Å²) in [4.78, 5) is 0.216. The fraction of sp³-hybridized carbons (Fsp3) is 0.538. The van der Waals surface area contributed by atoms with E-state index in [0.717, 1.165) is 18.7 Å². The molecule has 0 bridgehead atoms. The number of hydrogen-bond donors (Lipinski definition) is 0. The van der Waals surface area contributed by atoms with E-state index >= 15 is 0 Å². The molecule has 0 N–H and O–H groups in total. The van der Waals surface area contributed by atoms with E-state index in [1.165, 1.54) is 10.5 Å². The number of rotatable bonds is 7. The summed E-state index contributed by atoms with van der Waals surface area (Å²) >= 11 is 0. The third-order valence-corrected chi connectivity index (χ3v) is 4.93. The van der Waals surface area contributed by atoms with E-state index in [4.69, 9.17) is 0 Å². The summed E-state index contributed by atoms with van der Waals surface area (Å²) < 4.78 is 29.6. The number of aromatic nitrogens is 4. The lowest BCUT2D eigenvalue weighted by atomic mass is 10.4. The summed E-state index contributed by atoms with van der Waals surface area (Å²) in [5, 5.41) is 8.37. The van der Waals surface area contributed by atoms with Crippen LogP contribution in [0.15, 0.2) is 29.6 Å². The van der Waals surface area contributed by atoms with Crippen LogP contribution in [0.1, 0.15) is 26.0 Å². The van der Waals surface area contributed by atoms with Crippen molar-refractivity contribution in [1.29, 1.82) is 0 Å². The predicted octanol–water partition coefficient (Wildman–Crippen LogP) is 1.33. The summed E-state index contributed by atoms with van der Waals surface area (Å²) in [6.07, 6.45) is 5.71. The normalized spacial score (nSPS) is 12.2. The van der Waals surface area contributed by atoms with Gasteiger partial charge < -0.3 is 0 Å². The minimum atomic E-state index is -3.53. The second kappa shape index (κ2) is 6.40. The molecule has 0 atom stereocenters. The molecule has 0 aromatic carbocycles. The molecule has 0 saturated carbocycles. The summed E-state index contributed by atoms with van der Waals surface area (Å²) in [5.74, 6) is 0. The molecule has 2 rings (SSSR count). The number of hydrogen-bond acceptors (Lipinski definition) is 4. The monoisotopic (exact) mass is 311 g/mol. The Balaban J connectivity index is 2.13. The van der Waals surface area contributed by atoms with Crippen molar-refractivity contribution in [3.8, 4) is 0 Å². The molecule has 116 valence electrons. The highest BCUT2D eigenvalue weighted by Crippen LogP contribution is 2.15. The van der Waals surface area contributed by atoms with Crippen LogP contribution in [0.5, 0.6) is 0 Å². The Morgan fingerprint density at radius 3 is 2.67 bits per heavy atom. The van der Waals surface area contributed by atoms with Gasteiger partial charge in [0.1, 0.15) is 4.90 Å². The quantitative estimate of drug-likeness (QED) is 0.773. The summed E-state index contributed by atoms with van der Waals surface area (Å²) in [7, 11) is -1.98. The average molecular weight is 311 g/mol. The number of sulfonamides is 1. The Morgan fingerprint density at radius 1 is 1.29 bits per heavy atom. The van der Waals surface area contributed by atoms with Crippen molar-refractivity contribution in [3.63, 3.8) is 0 Å². The minimum absolute atomic E-state index is 0.216. The van der Waals surface area contributed by atoms with Crippen LogP contribution in [0.25, 0.3) is 0 Å². The highest BCUT2D eigenvalue weighted by molar-refractivity contribution is 7.89. The zero-order valence-electron chi connectivity index (χ0n) is 12.6. The van der Waals surface area contributed by atoms with E-state index in [1.54, 1.807) is 22.6 Å². The van der Waals surface area contributed by atoms with E-state index in [-0.39, 0.29) is 11.4 Å². The molecule has 8 heteroatoms. The third kappa shape index (κ3) is 3.51. The molecule has 0 aliphatic heterocycles. The molecule has 2 heterocycles. The van der Waals surface area contributed by atoms with Crippen LogP contribution >= 0.6 is 0 Å². The Morgan fingerprint density at radius 2 is 2.05 bits per heavy atom. The van der Waals surface area contributed by atoms with Crippen LogP contribution in [0.3, 0.4) is 0 Å². The van der Waals surface area contributed by atoms with Gasteiger partial charge in [0, 0.05) is 32.5 Å². The van der Waals surface area contributed by atoms with Crippen molar-refractivity contribution in [3.05, 3.63) is 30.4 Å². The fourth-order valence-electron chi connectivity index (χ4n) is 1.99. The van der Waals surface area contributed by atoms with Crippen molar-refractivity contribution in [2.75, 3.05) is 7.05 Å². The molecule has 2 aromatic rings. The number of nitrogens with zero attached hydrogens (tertiary/aromatic N) is 5. The van der Waals surface area contributed by atoms with E-state index in [2.05, 4.69) is 10.2 Å². The van der Waals surface area contributed by atoms with Gasteiger partial charge in [-0.15, -0.1) is 0 Å². The molecule has 0 amide bonds. The van der Waals surface area contributed by atoms with E-state index in [9.17, 15) is 8.42 Å². The average Bonchev–Trinajstić information content (AvgIpc) is 3.08. The van der Waals surface area contributed by atoms with Gasteiger partial charge in [-0.1, -0.05) is 6.92 Å². The summed E-state index contributed by atoms with van der Waals surface area (Å²) in [6.45, 7) is 5.72. The first kappa shape index (κ1) is 15.7. The first-order valence-electron chi connectivity index (χ1n) is 6.98. The molecule has 0 aliphatic carbocycles. The van der Waals surface area contributed by atoms with Gasteiger partial charge in [0.2, 0.25) is 10.0 Å². The lowest BCUT2D eigenvalue weighted by Gasteiger charge is -2.14. The van der Waals surface area contributed by atoms with Crippen molar-refractivity contribution >= 4 is 10.0 Å². The maximum Gasteiger partial charge on any atom is 0.246 e. The molecule has 0 aliphatic rings. The van der Waals surface area contributed by atoms with Gasteiger partial charge in [-0.2, -0.15) is 14.5 Å². The molecule has 0 unspecified atom stereocenters. The lowest BCUT2D eigenvalue weighted by Crippen LogP contribution is -2.26. The van der Waals surface area contributed by atoms with Gasteiger partial charge in [-0.25, -0.2) is 8.42 Å². The van der Waals surface area contributed by atoms with Crippen molar-refractivity contribution in [2.24, 2.45) is 0 Å². The topological polar surface area (TPSA) is 73.0 Å². The Hall–Kier alpha value is -1.67. The van der Waals surface area contributed by atoms with Gasteiger partial charge in [-0.3, -0.25) is 9.36 Å². The Kier molecular flexibility index (Phi) is 4.79. The summed E-state index contributed by atoms with van der Waals surface area (Å²) in [5.41, 5.74) is 0.726. The van der Waals surface area contributed by atoms with Crippen LogP contribution in [0, 0.1) is 0 Å². The van der Waals surface area contributed by atoms with Crippen LogP contribution in [-0.4, -0.2) is 39.3 Å². The van der Waals surface area contributed by atoms with Gasteiger partial charge in [0.25, 0.3) is 0 Å². The minimum Gasteiger partial charge on any atom is -0.273 e. The molecular weight excluding hydrogens is 290 g/mol. The van der Waals surface area contributed by atoms with E-state index in [1.807, 2.05) is 26.1 Å². The van der Waals surface area contributed by atoms with Crippen molar-refractivity contribution in [2.45, 2.75) is 44.8 Å². The zero-order chi connectivity index (χ0) is 15.5. The SMILES string of the molecule is CCCn1cc(S(=O)(=O)N(C)Cc2ccn(CC)n2)cn1. The fourth-order valence-corrected chi connectivity index (χ4v) is 3.08. The number of aryl methyl sites for hydroxylation is 2. The van der Waals surface area contributed by atoms with Crippen LogP contribution in [0.2, 0.25) is 0 Å². The molecule has 0 fully saturated rings. The maximum absolute atomic E-state index is 12.5. The van der Waals surface area contributed by atoms with Gasteiger partial charge in [-0.05, 0) is 19.4 Å². The second-order valence-corrected chi connectivity index (χ2v) is 6.91. The van der Waals surface area contributed by atoms with Crippen molar-refractivity contribution < 1.29 is 8.42 Å². The molecule has 7 nitrogen and oxygen atoms in total. The largest absolute Gasteiger partial charge is 0.273 e. The molecule has 0 radical (unpaired) electrons. The van der Waals surface area contributed by atoms with Crippen LogP contribution in [0.4, 0.5) is 0 Å². The van der Waals surface area contributed by atoms with Gasteiger partial charge in [0.15, 0.2) is 0 Å². The van der Waals surface area contributed by atoms with Crippen LogP contribution in [-0.2, 0) is 29.7 Å². The maximum atomic E-state index is 12.5. The predicted molar refractivity (Wildman–Crippen MR) is 79.1 cm³/mol. The molecule has 0 saturated heterocycles. The van der Waals surface area contributed by atoms with Gasteiger partial charge in [0.05, 0.1) is 18.4 Å². The second-order valence-electron chi connectivity index (χ2n) is 4.86. The summed E-state index contributed by atoms with van der Waals surface area (Å²) in [6, 6.07) is 1.83. The first-order chi connectivity index (χ1) is 9.97. The van der Waals surface area contributed by atoms with Crippen LogP contribution < -0.4 is 0 Å². The molecular formula is C13H21N5O2S. The molecule has 0 spiro atoms. The third-order valence-electron chi connectivity index (χ3n) is 3.17. The lowest BCUT2D eigenvalue weighted by molar-refractivity contribution is 0.458. The van der Waals surface area contributed by atoms with Gasteiger partial charge >= 0.3 is 0 Å².